The SMILES string of the molecule is CC(=O)Oc1cc2c(c3c(C)csc13)C(CCl)CN2C. The number of hydrogen-bond donors (Lipinski definition) is 0. The lowest BCUT2D eigenvalue weighted by molar-refractivity contribution is -0.131. The quantitative estimate of drug-likeness (QED) is 0.478. The van der Waals surface area contributed by atoms with Crippen LogP contribution in [0, 0.1) is 6.92 Å². The van der Waals surface area contributed by atoms with Gasteiger partial charge < -0.3 is 9.64 Å². The Kier molecular flexibility index (Phi) is 3.38. The van der Waals surface area contributed by atoms with Crippen molar-refractivity contribution in [2.45, 2.75) is 19.8 Å². The maximum absolute atomic E-state index is 11.3. The van der Waals surface area contributed by atoms with Gasteiger partial charge in [0.15, 0.2) is 5.75 Å². The number of anilines is 1. The average molecular weight is 310 g/mol. The van der Waals surface area contributed by atoms with Gasteiger partial charge in [0.1, 0.15) is 0 Å². The van der Waals surface area contributed by atoms with Crippen LogP contribution in [0.5, 0.6) is 5.75 Å². The summed E-state index contributed by atoms with van der Waals surface area (Å²) in [4.78, 5) is 13.5. The first kappa shape index (κ1) is 13.7. The van der Waals surface area contributed by atoms with Crippen LogP contribution >= 0.6 is 22.9 Å². The van der Waals surface area contributed by atoms with Crippen LogP contribution in [0.25, 0.3) is 10.1 Å². The Morgan fingerprint density at radius 2 is 2.35 bits per heavy atom. The van der Waals surface area contributed by atoms with Gasteiger partial charge in [-0.25, -0.2) is 0 Å². The molecule has 1 unspecified atom stereocenters. The zero-order chi connectivity index (χ0) is 14.4. The van der Waals surface area contributed by atoms with Crippen molar-refractivity contribution in [3.8, 4) is 5.75 Å². The normalized spacial score (nSPS) is 17.6. The molecule has 20 heavy (non-hydrogen) atoms. The number of rotatable bonds is 2. The number of aryl methyl sites for hydroxylation is 1. The van der Waals surface area contributed by atoms with E-state index in [1.165, 1.54) is 23.4 Å². The van der Waals surface area contributed by atoms with Crippen molar-refractivity contribution in [3.05, 3.63) is 22.6 Å². The molecule has 3 rings (SSSR count). The molecule has 106 valence electrons. The lowest BCUT2D eigenvalue weighted by Gasteiger charge is -2.14. The highest BCUT2D eigenvalue weighted by Gasteiger charge is 2.30. The van der Waals surface area contributed by atoms with Gasteiger partial charge in [0.2, 0.25) is 0 Å². The number of halogens is 1. The van der Waals surface area contributed by atoms with Crippen LogP contribution in [0.2, 0.25) is 0 Å². The second kappa shape index (κ2) is 4.93. The summed E-state index contributed by atoms with van der Waals surface area (Å²) in [6.07, 6.45) is 0. The molecule has 1 aromatic heterocycles. The molecule has 0 N–H and O–H groups in total. The summed E-state index contributed by atoms with van der Waals surface area (Å²) >= 11 is 7.76. The van der Waals surface area contributed by atoms with Crippen LogP contribution in [0.15, 0.2) is 11.4 Å². The zero-order valence-electron chi connectivity index (χ0n) is 11.7. The van der Waals surface area contributed by atoms with Gasteiger partial charge in [0, 0.05) is 49.5 Å². The largest absolute Gasteiger partial charge is 0.425 e. The van der Waals surface area contributed by atoms with E-state index in [1.54, 1.807) is 11.3 Å². The van der Waals surface area contributed by atoms with E-state index < -0.39 is 0 Å². The molecule has 0 aliphatic carbocycles. The van der Waals surface area contributed by atoms with Crippen molar-refractivity contribution in [1.29, 1.82) is 0 Å². The van der Waals surface area contributed by atoms with E-state index in [0.29, 0.717) is 17.5 Å². The summed E-state index contributed by atoms with van der Waals surface area (Å²) in [7, 11) is 2.05. The number of likely N-dealkylation sites (N-methyl/N-ethyl adjacent to an activating group) is 1. The van der Waals surface area contributed by atoms with Gasteiger partial charge in [-0.15, -0.1) is 22.9 Å². The first-order valence-electron chi connectivity index (χ1n) is 6.53. The maximum atomic E-state index is 11.3. The number of hydrogen-bond acceptors (Lipinski definition) is 4. The maximum Gasteiger partial charge on any atom is 0.308 e. The molecular formula is C15H16ClNO2S. The summed E-state index contributed by atoms with van der Waals surface area (Å²) in [5.41, 5.74) is 3.65. The average Bonchev–Trinajstić information content (AvgIpc) is 2.91. The monoisotopic (exact) mass is 309 g/mol. The van der Waals surface area contributed by atoms with Crippen molar-refractivity contribution < 1.29 is 9.53 Å². The van der Waals surface area contributed by atoms with E-state index >= 15 is 0 Å². The number of fused-ring (bicyclic) bond motifs is 3. The van der Waals surface area contributed by atoms with Crippen LogP contribution in [-0.4, -0.2) is 25.4 Å². The Labute approximate surface area is 127 Å². The van der Waals surface area contributed by atoms with E-state index in [2.05, 4.69) is 24.3 Å². The molecular weight excluding hydrogens is 294 g/mol. The Balaban J connectivity index is 2.31. The van der Waals surface area contributed by atoms with Gasteiger partial charge in [-0.2, -0.15) is 0 Å². The molecule has 1 aliphatic heterocycles. The number of benzene rings is 1. The van der Waals surface area contributed by atoms with Crippen molar-refractivity contribution in [3.63, 3.8) is 0 Å². The molecule has 0 spiro atoms. The Hall–Kier alpha value is -1.26. The topological polar surface area (TPSA) is 29.5 Å². The summed E-state index contributed by atoms with van der Waals surface area (Å²) in [6.45, 7) is 4.44. The Morgan fingerprint density at radius 3 is 3.00 bits per heavy atom. The fourth-order valence-electron chi connectivity index (χ4n) is 2.96. The first-order valence-corrected chi connectivity index (χ1v) is 7.94. The molecule has 3 nitrogen and oxygen atoms in total. The molecule has 0 amide bonds. The number of ether oxygens (including phenoxy) is 1. The van der Waals surface area contributed by atoms with E-state index in [0.717, 1.165) is 16.9 Å². The Bertz CT molecular complexity index is 695. The number of carbonyl (C=O) groups is 1. The molecule has 0 bridgehead atoms. The predicted octanol–water partition coefficient (Wildman–Crippen LogP) is 3.91. The predicted molar refractivity (Wildman–Crippen MR) is 84.6 cm³/mol. The molecule has 0 radical (unpaired) electrons. The van der Waals surface area contributed by atoms with E-state index in [-0.39, 0.29) is 5.97 Å². The van der Waals surface area contributed by atoms with Gasteiger partial charge in [0.25, 0.3) is 0 Å². The third-order valence-corrected chi connectivity index (χ3v) is 5.25. The summed E-state index contributed by atoms with van der Waals surface area (Å²) in [5.74, 6) is 1.31. The fraction of sp³-hybridized carbons (Fsp3) is 0.400. The van der Waals surface area contributed by atoms with Crippen molar-refractivity contribution in [2.75, 3.05) is 24.4 Å². The van der Waals surface area contributed by atoms with Crippen molar-refractivity contribution in [2.24, 2.45) is 0 Å². The van der Waals surface area contributed by atoms with Gasteiger partial charge in [-0.1, -0.05) is 0 Å². The molecule has 0 fully saturated rings. The van der Waals surface area contributed by atoms with Gasteiger partial charge >= 0.3 is 5.97 Å². The fourth-order valence-corrected chi connectivity index (χ4v) is 4.23. The van der Waals surface area contributed by atoms with E-state index in [9.17, 15) is 4.79 Å². The number of alkyl halides is 1. The highest BCUT2D eigenvalue weighted by atomic mass is 35.5. The Morgan fingerprint density at radius 1 is 1.60 bits per heavy atom. The molecule has 1 aromatic carbocycles. The smallest absolute Gasteiger partial charge is 0.308 e. The molecule has 2 heterocycles. The second-order valence-electron chi connectivity index (χ2n) is 5.26. The molecule has 1 aliphatic rings. The number of carbonyl (C=O) groups excluding carboxylic acids is 1. The number of nitrogens with zero attached hydrogens (tertiary/aromatic N) is 1. The third kappa shape index (κ3) is 1.98. The zero-order valence-corrected chi connectivity index (χ0v) is 13.3. The minimum absolute atomic E-state index is 0.285. The lowest BCUT2D eigenvalue weighted by Crippen LogP contribution is -2.15. The van der Waals surface area contributed by atoms with Crippen LogP contribution in [0.1, 0.15) is 24.0 Å². The van der Waals surface area contributed by atoms with Gasteiger partial charge in [-0.05, 0) is 23.4 Å². The number of thiophene rings is 1. The van der Waals surface area contributed by atoms with E-state index in [1.807, 2.05) is 6.07 Å². The lowest BCUT2D eigenvalue weighted by atomic mass is 9.97. The molecule has 2 aromatic rings. The standard InChI is InChI=1S/C15H16ClNO2S/c1-8-7-20-15-12(19-9(2)18)4-11-14(13(8)15)10(5-16)6-17(11)3/h4,7,10H,5-6H2,1-3H3. The second-order valence-corrected chi connectivity index (χ2v) is 6.44. The minimum atomic E-state index is -0.285. The van der Waals surface area contributed by atoms with Crippen molar-refractivity contribution >= 4 is 44.7 Å². The van der Waals surface area contributed by atoms with Crippen molar-refractivity contribution in [1.82, 2.24) is 0 Å². The minimum Gasteiger partial charge on any atom is -0.425 e. The summed E-state index contributed by atoms with van der Waals surface area (Å²) < 4.78 is 6.44. The van der Waals surface area contributed by atoms with Crippen LogP contribution in [0.3, 0.4) is 0 Å². The number of esters is 1. The summed E-state index contributed by atoms with van der Waals surface area (Å²) in [6, 6.07) is 1.97. The van der Waals surface area contributed by atoms with Gasteiger partial charge in [0.05, 0.1) is 4.70 Å². The van der Waals surface area contributed by atoms with Crippen LogP contribution < -0.4 is 9.64 Å². The molecule has 0 saturated heterocycles. The highest BCUT2D eigenvalue weighted by Crippen LogP contribution is 2.48. The van der Waals surface area contributed by atoms with Crippen LogP contribution in [0.4, 0.5) is 5.69 Å². The van der Waals surface area contributed by atoms with Crippen LogP contribution in [-0.2, 0) is 4.79 Å². The highest BCUT2D eigenvalue weighted by molar-refractivity contribution is 7.17. The molecule has 5 heteroatoms. The first-order chi connectivity index (χ1) is 9.52. The molecule has 1 atom stereocenters. The van der Waals surface area contributed by atoms with Gasteiger partial charge in [-0.3, -0.25) is 4.79 Å². The third-order valence-electron chi connectivity index (χ3n) is 3.77. The molecule has 0 saturated carbocycles. The van der Waals surface area contributed by atoms with E-state index in [4.69, 9.17) is 16.3 Å². The summed E-state index contributed by atoms with van der Waals surface area (Å²) in [5, 5.41) is 3.32.